The molecule has 1 saturated carbocycles. The molecule has 19 heavy (non-hydrogen) atoms. The lowest BCUT2D eigenvalue weighted by atomic mass is 10.2. The first-order chi connectivity index (χ1) is 9.15. The monoisotopic (exact) mass is 268 g/mol. The first-order valence-corrected chi connectivity index (χ1v) is 6.64. The Kier molecular flexibility index (Phi) is 4.55. The van der Waals surface area contributed by atoms with Gasteiger partial charge in [0, 0.05) is 25.9 Å². The third kappa shape index (κ3) is 3.54. The van der Waals surface area contributed by atoms with Crippen LogP contribution in [-0.4, -0.2) is 43.4 Å². The molecule has 0 aromatic rings. The van der Waals surface area contributed by atoms with Gasteiger partial charge in [-0.15, -0.1) is 6.58 Å². The summed E-state index contributed by atoms with van der Waals surface area (Å²) >= 11 is 0. The predicted octanol–water partition coefficient (Wildman–Crippen LogP) is 0.0905. The van der Waals surface area contributed by atoms with Crippen molar-refractivity contribution in [2.24, 2.45) is 0 Å². The molecule has 106 valence electrons. The van der Waals surface area contributed by atoms with Crippen molar-refractivity contribution < 1.29 is 19.1 Å². The highest BCUT2D eigenvalue weighted by Gasteiger charge is 2.43. The SMILES string of the molecule is C=CCNC(=O)C(=O)NC[C@@H]1COC2(CCCC2)O1. The number of hydrogen-bond donors (Lipinski definition) is 2. The molecule has 1 spiro atoms. The minimum absolute atomic E-state index is 0.172. The second kappa shape index (κ2) is 6.16. The molecular formula is C13H20N2O4. The number of amides is 2. The molecule has 1 atom stereocenters. The molecule has 2 N–H and O–H groups in total. The van der Waals surface area contributed by atoms with Crippen LogP contribution < -0.4 is 10.6 Å². The number of carbonyl (C=O) groups is 2. The predicted molar refractivity (Wildman–Crippen MR) is 68.2 cm³/mol. The van der Waals surface area contributed by atoms with Gasteiger partial charge in [-0.05, 0) is 12.8 Å². The van der Waals surface area contributed by atoms with E-state index < -0.39 is 17.6 Å². The highest BCUT2D eigenvalue weighted by atomic mass is 16.7. The highest BCUT2D eigenvalue weighted by Crippen LogP contribution is 2.38. The molecule has 6 heteroatoms. The van der Waals surface area contributed by atoms with Crippen LogP contribution in [0.2, 0.25) is 0 Å². The zero-order valence-electron chi connectivity index (χ0n) is 10.9. The molecular weight excluding hydrogens is 248 g/mol. The van der Waals surface area contributed by atoms with Crippen molar-refractivity contribution in [2.75, 3.05) is 19.7 Å². The quantitative estimate of drug-likeness (QED) is 0.559. The maximum absolute atomic E-state index is 11.5. The number of hydrogen-bond acceptors (Lipinski definition) is 4. The molecule has 2 amide bonds. The summed E-state index contributed by atoms with van der Waals surface area (Å²) in [6.45, 7) is 4.50. The number of rotatable bonds is 4. The van der Waals surface area contributed by atoms with E-state index in [4.69, 9.17) is 9.47 Å². The molecule has 2 rings (SSSR count). The van der Waals surface area contributed by atoms with Crippen molar-refractivity contribution >= 4 is 11.8 Å². The smallest absolute Gasteiger partial charge is 0.309 e. The van der Waals surface area contributed by atoms with E-state index in [1.165, 1.54) is 6.08 Å². The first kappa shape index (κ1) is 14.0. The van der Waals surface area contributed by atoms with Crippen molar-refractivity contribution in [3.63, 3.8) is 0 Å². The fraction of sp³-hybridized carbons (Fsp3) is 0.692. The van der Waals surface area contributed by atoms with E-state index in [0.29, 0.717) is 13.2 Å². The molecule has 1 aliphatic heterocycles. The van der Waals surface area contributed by atoms with Gasteiger partial charge in [0.25, 0.3) is 0 Å². The van der Waals surface area contributed by atoms with Crippen LogP contribution in [0.3, 0.4) is 0 Å². The maximum atomic E-state index is 11.5. The minimum atomic E-state index is -0.658. The molecule has 0 aromatic heterocycles. The molecule has 2 fully saturated rings. The molecule has 6 nitrogen and oxygen atoms in total. The summed E-state index contributed by atoms with van der Waals surface area (Å²) in [4.78, 5) is 22.8. The average molecular weight is 268 g/mol. The van der Waals surface area contributed by atoms with E-state index in [1.54, 1.807) is 0 Å². The minimum Gasteiger partial charge on any atom is -0.347 e. The third-order valence-corrected chi connectivity index (χ3v) is 3.38. The van der Waals surface area contributed by atoms with E-state index in [1.807, 2.05) is 0 Å². The number of carbonyl (C=O) groups excluding carboxylic acids is 2. The van der Waals surface area contributed by atoms with Crippen molar-refractivity contribution in [2.45, 2.75) is 37.6 Å². The standard InChI is InChI=1S/C13H20N2O4/c1-2-7-14-11(16)12(17)15-8-10-9-18-13(19-10)5-3-4-6-13/h2,10H,1,3-9H2,(H,14,16)(H,15,17)/t10-/m1/s1. The zero-order valence-corrected chi connectivity index (χ0v) is 10.9. The van der Waals surface area contributed by atoms with Gasteiger partial charge >= 0.3 is 11.8 Å². The normalized spacial score (nSPS) is 24.3. The van der Waals surface area contributed by atoms with Gasteiger partial charge in [-0.1, -0.05) is 6.08 Å². The lowest BCUT2D eigenvalue weighted by Crippen LogP contribution is -2.43. The van der Waals surface area contributed by atoms with Crippen molar-refractivity contribution in [1.29, 1.82) is 0 Å². The van der Waals surface area contributed by atoms with Gasteiger partial charge in [-0.25, -0.2) is 0 Å². The van der Waals surface area contributed by atoms with Crippen LogP contribution in [0.1, 0.15) is 25.7 Å². The molecule has 2 aliphatic rings. The number of ether oxygens (including phenoxy) is 2. The van der Waals surface area contributed by atoms with Gasteiger partial charge in [0.2, 0.25) is 0 Å². The van der Waals surface area contributed by atoms with Gasteiger partial charge < -0.3 is 20.1 Å². The summed E-state index contributed by atoms with van der Waals surface area (Å²) in [6.07, 6.45) is 5.40. The first-order valence-electron chi connectivity index (χ1n) is 6.64. The Morgan fingerprint density at radius 1 is 1.26 bits per heavy atom. The Hall–Kier alpha value is -1.40. The Morgan fingerprint density at radius 3 is 2.63 bits per heavy atom. The van der Waals surface area contributed by atoms with E-state index in [9.17, 15) is 9.59 Å². The van der Waals surface area contributed by atoms with Gasteiger partial charge in [0.1, 0.15) is 6.10 Å². The largest absolute Gasteiger partial charge is 0.347 e. The highest BCUT2D eigenvalue weighted by molar-refractivity contribution is 6.35. The van der Waals surface area contributed by atoms with Crippen LogP contribution in [0.5, 0.6) is 0 Å². The molecule has 0 aromatic carbocycles. The van der Waals surface area contributed by atoms with Gasteiger partial charge in [0.15, 0.2) is 5.79 Å². The van der Waals surface area contributed by atoms with Crippen LogP contribution in [0, 0.1) is 0 Å². The Balaban J connectivity index is 1.70. The van der Waals surface area contributed by atoms with Gasteiger partial charge in [-0.2, -0.15) is 0 Å². The third-order valence-electron chi connectivity index (χ3n) is 3.38. The molecule has 1 saturated heterocycles. The molecule has 0 unspecified atom stereocenters. The lowest BCUT2D eigenvalue weighted by molar-refractivity contribution is -0.161. The summed E-state index contributed by atoms with van der Waals surface area (Å²) in [7, 11) is 0. The Morgan fingerprint density at radius 2 is 1.95 bits per heavy atom. The van der Waals surface area contributed by atoms with Crippen LogP contribution in [0.4, 0.5) is 0 Å². The fourth-order valence-corrected chi connectivity index (χ4v) is 2.43. The summed E-state index contributed by atoms with van der Waals surface area (Å²) in [5.41, 5.74) is 0. The molecule has 0 bridgehead atoms. The fourth-order valence-electron chi connectivity index (χ4n) is 2.43. The van der Waals surface area contributed by atoms with E-state index in [0.717, 1.165) is 25.7 Å². The van der Waals surface area contributed by atoms with Crippen LogP contribution in [0.25, 0.3) is 0 Å². The lowest BCUT2D eigenvalue weighted by Gasteiger charge is -2.21. The topological polar surface area (TPSA) is 76.7 Å². The van der Waals surface area contributed by atoms with Crippen LogP contribution >= 0.6 is 0 Å². The maximum Gasteiger partial charge on any atom is 0.309 e. The van der Waals surface area contributed by atoms with Crippen LogP contribution in [0.15, 0.2) is 12.7 Å². The van der Waals surface area contributed by atoms with E-state index >= 15 is 0 Å². The molecule has 1 heterocycles. The van der Waals surface area contributed by atoms with Crippen molar-refractivity contribution in [3.8, 4) is 0 Å². The summed E-state index contributed by atoms with van der Waals surface area (Å²) in [6, 6.07) is 0. The zero-order chi connectivity index (χ0) is 13.7. The Bertz CT molecular complexity index is 364. The van der Waals surface area contributed by atoms with Crippen molar-refractivity contribution in [1.82, 2.24) is 10.6 Å². The Labute approximate surface area is 112 Å². The van der Waals surface area contributed by atoms with Gasteiger partial charge in [0.05, 0.1) is 6.61 Å². The second-order valence-corrected chi connectivity index (χ2v) is 4.88. The summed E-state index contributed by atoms with van der Waals surface area (Å²) in [5.74, 6) is -1.74. The number of nitrogens with one attached hydrogen (secondary N) is 2. The summed E-state index contributed by atoms with van der Waals surface area (Å²) in [5, 5.41) is 4.96. The van der Waals surface area contributed by atoms with E-state index in [-0.39, 0.29) is 12.6 Å². The molecule has 1 aliphatic carbocycles. The van der Waals surface area contributed by atoms with Gasteiger partial charge in [-0.3, -0.25) is 9.59 Å². The average Bonchev–Trinajstić information content (AvgIpc) is 3.04. The summed E-state index contributed by atoms with van der Waals surface area (Å²) < 4.78 is 11.5. The van der Waals surface area contributed by atoms with Crippen molar-refractivity contribution in [3.05, 3.63) is 12.7 Å². The van der Waals surface area contributed by atoms with E-state index in [2.05, 4.69) is 17.2 Å². The van der Waals surface area contributed by atoms with Crippen LogP contribution in [-0.2, 0) is 19.1 Å². The molecule has 0 radical (unpaired) electrons. The second-order valence-electron chi connectivity index (χ2n) is 4.88.